The molecule has 0 fully saturated rings. The highest BCUT2D eigenvalue weighted by Gasteiger charge is 2.09. The standard InChI is InChI=1S/C17H14N4OS/c18-16(22)14-6-2-1-4-13(14)11-23-17-20-9-7-15(21-17)12-5-3-8-19-10-12/h1-10H,11H2,(H2,18,22). The van der Waals surface area contributed by atoms with Gasteiger partial charge in [-0.05, 0) is 29.8 Å². The molecule has 5 nitrogen and oxygen atoms in total. The van der Waals surface area contributed by atoms with E-state index in [0.29, 0.717) is 16.5 Å². The summed E-state index contributed by atoms with van der Waals surface area (Å²) in [6, 6.07) is 13.0. The second-order valence-electron chi connectivity index (χ2n) is 4.78. The van der Waals surface area contributed by atoms with Crippen molar-refractivity contribution in [1.29, 1.82) is 0 Å². The number of pyridine rings is 1. The summed E-state index contributed by atoms with van der Waals surface area (Å²) in [5.74, 6) is 0.154. The summed E-state index contributed by atoms with van der Waals surface area (Å²) in [7, 11) is 0. The number of rotatable bonds is 5. The molecule has 0 unspecified atom stereocenters. The average molecular weight is 322 g/mol. The molecule has 2 N–H and O–H groups in total. The Labute approximate surface area is 138 Å². The maximum atomic E-state index is 11.4. The minimum absolute atomic E-state index is 0.425. The van der Waals surface area contributed by atoms with E-state index in [1.807, 2.05) is 30.3 Å². The van der Waals surface area contributed by atoms with Crippen LogP contribution in [0.4, 0.5) is 0 Å². The van der Waals surface area contributed by atoms with Gasteiger partial charge in [0.05, 0.1) is 5.69 Å². The van der Waals surface area contributed by atoms with E-state index in [-0.39, 0.29) is 0 Å². The zero-order chi connectivity index (χ0) is 16.1. The zero-order valence-corrected chi connectivity index (χ0v) is 13.0. The number of carbonyl (C=O) groups is 1. The molecule has 3 rings (SSSR count). The molecule has 1 amide bonds. The lowest BCUT2D eigenvalue weighted by molar-refractivity contribution is 0.0999. The van der Waals surface area contributed by atoms with Crippen molar-refractivity contribution in [2.24, 2.45) is 5.73 Å². The van der Waals surface area contributed by atoms with Crippen molar-refractivity contribution >= 4 is 17.7 Å². The number of benzene rings is 1. The quantitative estimate of drug-likeness (QED) is 0.577. The number of amides is 1. The highest BCUT2D eigenvalue weighted by atomic mass is 32.2. The van der Waals surface area contributed by atoms with Crippen LogP contribution >= 0.6 is 11.8 Å². The Balaban J connectivity index is 1.78. The highest BCUT2D eigenvalue weighted by molar-refractivity contribution is 7.98. The first-order valence-corrected chi connectivity index (χ1v) is 7.96. The topological polar surface area (TPSA) is 81.8 Å². The van der Waals surface area contributed by atoms with Crippen molar-refractivity contribution in [1.82, 2.24) is 15.0 Å². The van der Waals surface area contributed by atoms with Crippen molar-refractivity contribution in [2.75, 3.05) is 0 Å². The number of aromatic nitrogens is 3. The minimum Gasteiger partial charge on any atom is -0.366 e. The predicted octanol–water partition coefficient (Wildman–Crippen LogP) is 2.93. The molecule has 0 saturated carbocycles. The summed E-state index contributed by atoms with van der Waals surface area (Å²) in [5.41, 5.74) is 8.56. The first-order chi connectivity index (χ1) is 11.2. The van der Waals surface area contributed by atoms with E-state index in [9.17, 15) is 4.79 Å². The number of hydrogen-bond acceptors (Lipinski definition) is 5. The van der Waals surface area contributed by atoms with Gasteiger partial charge in [0, 0.05) is 35.5 Å². The van der Waals surface area contributed by atoms with Gasteiger partial charge in [-0.1, -0.05) is 30.0 Å². The van der Waals surface area contributed by atoms with Crippen LogP contribution in [0.3, 0.4) is 0 Å². The minimum atomic E-state index is -0.425. The van der Waals surface area contributed by atoms with Crippen LogP contribution in [0, 0.1) is 0 Å². The normalized spacial score (nSPS) is 10.4. The molecule has 3 aromatic rings. The molecule has 0 bridgehead atoms. The van der Waals surface area contributed by atoms with Crippen LogP contribution in [0.1, 0.15) is 15.9 Å². The number of nitrogens with zero attached hydrogens (tertiary/aromatic N) is 3. The second-order valence-corrected chi connectivity index (χ2v) is 5.72. The van der Waals surface area contributed by atoms with Gasteiger partial charge in [0.25, 0.3) is 0 Å². The number of hydrogen-bond donors (Lipinski definition) is 1. The largest absolute Gasteiger partial charge is 0.366 e. The fourth-order valence-electron chi connectivity index (χ4n) is 2.11. The van der Waals surface area contributed by atoms with Gasteiger partial charge in [0.15, 0.2) is 5.16 Å². The van der Waals surface area contributed by atoms with E-state index >= 15 is 0 Å². The molecule has 0 saturated heterocycles. The lowest BCUT2D eigenvalue weighted by Gasteiger charge is -2.06. The molecular weight excluding hydrogens is 308 g/mol. The Morgan fingerprint density at radius 1 is 1.09 bits per heavy atom. The van der Waals surface area contributed by atoms with Gasteiger partial charge in [0.1, 0.15) is 0 Å². The van der Waals surface area contributed by atoms with Gasteiger partial charge >= 0.3 is 0 Å². The van der Waals surface area contributed by atoms with Crippen molar-refractivity contribution < 1.29 is 4.79 Å². The average Bonchev–Trinajstić information content (AvgIpc) is 2.61. The lowest BCUT2D eigenvalue weighted by atomic mass is 10.1. The van der Waals surface area contributed by atoms with Crippen LogP contribution in [0.5, 0.6) is 0 Å². The molecule has 2 aromatic heterocycles. The van der Waals surface area contributed by atoms with E-state index in [4.69, 9.17) is 5.73 Å². The molecule has 23 heavy (non-hydrogen) atoms. The van der Waals surface area contributed by atoms with Crippen LogP contribution in [-0.4, -0.2) is 20.9 Å². The summed E-state index contributed by atoms with van der Waals surface area (Å²) in [5, 5.41) is 0.644. The SMILES string of the molecule is NC(=O)c1ccccc1CSc1nccc(-c2cccnc2)n1. The van der Waals surface area contributed by atoms with Crippen LogP contribution in [0.15, 0.2) is 66.2 Å². The van der Waals surface area contributed by atoms with E-state index < -0.39 is 5.91 Å². The van der Waals surface area contributed by atoms with Crippen LogP contribution in [0.2, 0.25) is 0 Å². The van der Waals surface area contributed by atoms with Gasteiger partial charge < -0.3 is 5.73 Å². The molecule has 0 spiro atoms. The molecule has 2 heterocycles. The molecule has 114 valence electrons. The third kappa shape index (κ3) is 3.73. The molecular formula is C17H14N4OS. The summed E-state index contributed by atoms with van der Waals surface area (Å²) in [6.45, 7) is 0. The van der Waals surface area contributed by atoms with Crippen LogP contribution in [0.25, 0.3) is 11.3 Å². The summed E-state index contributed by atoms with van der Waals surface area (Å²) in [6.07, 6.45) is 5.21. The smallest absolute Gasteiger partial charge is 0.249 e. The first-order valence-electron chi connectivity index (χ1n) is 6.98. The molecule has 6 heteroatoms. The Morgan fingerprint density at radius 2 is 1.96 bits per heavy atom. The molecule has 0 atom stereocenters. The van der Waals surface area contributed by atoms with Gasteiger partial charge in [-0.2, -0.15) is 0 Å². The summed E-state index contributed by atoms with van der Waals surface area (Å²) < 4.78 is 0. The van der Waals surface area contributed by atoms with Crippen molar-refractivity contribution in [2.45, 2.75) is 10.9 Å². The van der Waals surface area contributed by atoms with Crippen molar-refractivity contribution in [3.05, 3.63) is 72.2 Å². The van der Waals surface area contributed by atoms with E-state index in [2.05, 4.69) is 15.0 Å². The molecule has 1 aromatic carbocycles. The Bertz CT molecular complexity index is 824. The zero-order valence-electron chi connectivity index (χ0n) is 12.2. The highest BCUT2D eigenvalue weighted by Crippen LogP contribution is 2.23. The first kappa shape index (κ1) is 15.2. The summed E-state index contributed by atoms with van der Waals surface area (Å²) in [4.78, 5) is 24.3. The van der Waals surface area contributed by atoms with E-state index in [0.717, 1.165) is 16.8 Å². The Morgan fingerprint density at radius 3 is 2.74 bits per heavy atom. The van der Waals surface area contributed by atoms with Gasteiger partial charge in [-0.15, -0.1) is 0 Å². The molecule has 0 aliphatic heterocycles. The number of nitrogens with two attached hydrogens (primary N) is 1. The third-order valence-electron chi connectivity index (χ3n) is 3.23. The van der Waals surface area contributed by atoms with Gasteiger partial charge in [-0.25, -0.2) is 9.97 Å². The maximum Gasteiger partial charge on any atom is 0.249 e. The predicted molar refractivity (Wildman–Crippen MR) is 89.8 cm³/mol. The fourth-order valence-corrected chi connectivity index (χ4v) is 2.95. The maximum absolute atomic E-state index is 11.4. The van der Waals surface area contributed by atoms with Crippen molar-refractivity contribution in [3.8, 4) is 11.3 Å². The fraction of sp³-hybridized carbons (Fsp3) is 0.0588. The lowest BCUT2D eigenvalue weighted by Crippen LogP contribution is -2.13. The van der Waals surface area contributed by atoms with E-state index in [1.165, 1.54) is 11.8 Å². The molecule has 0 radical (unpaired) electrons. The van der Waals surface area contributed by atoms with Crippen LogP contribution in [-0.2, 0) is 5.75 Å². The number of thioether (sulfide) groups is 1. The van der Waals surface area contributed by atoms with Crippen LogP contribution < -0.4 is 5.73 Å². The third-order valence-corrected chi connectivity index (χ3v) is 4.14. The van der Waals surface area contributed by atoms with Gasteiger partial charge in [-0.3, -0.25) is 9.78 Å². The number of carbonyl (C=O) groups excluding carboxylic acids is 1. The summed E-state index contributed by atoms with van der Waals surface area (Å²) >= 11 is 1.46. The van der Waals surface area contributed by atoms with Gasteiger partial charge in [0.2, 0.25) is 5.91 Å². The van der Waals surface area contributed by atoms with E-state index in [1.54, 1.807) is 30.7 Å². The number of primary amides is 1. The Hall–Kier alpha value is -2.73. The van der Waals surface area contributed by atoms with Crippen molar-refractivity contribution in [3.63, 3.8) is 0 Å². The second kappa shape index (κ2) is 7.02. The Kier molecular flexibility index (Phi) is 4.63. The monoisotopic (exact) mass is 322 g/mol. The molecule has 0 aliphatic rings. The molecule has 0 aliphatic carbocycles.